The van der Waals surface area contributed by atoms with Gasteiger partial charge in [0.15, 0.2) is 8.68 Å². The van der Waals surface area contributed by atoms with Gasteiger partial charge in [0.05, 0.1) is 0 Å². The summed E-state index contributed by atoms with van der Waals surface area (Å²) in [6.45, 7) is 0.789. The van der Waals surface area contributed by atoms with Crippen molar-refractivity contribution in [1.82, 2.24) is 15.5 Å². The molecule has 0 saturated carbocycles. The molecule has 18 heavy (non-hydrogen) atoms. The van der Waals surface area contributed by atoms with Crippen LogP contribution in [0.4, 0.5) is 0 Å². The zero-order chi connectivity index (χ0) is 13.0. The minimum Gasteiger partial charge on any atom is -0.316 e. The SMILES string of the molecule is CNCc1cc(Cl)ccc1Sc1nnc(SC)s1. The van der Waals surface area contributed by atoms with Crippen molar-refractivity contribution in [2.45, 2.75) is 20.1 Å². The van der Waals surface area contributed by atoms with Crippen LogP contribution in [-0.4, -0.2) is 23.5 Å². The summed E-state index contributed by atoms with van der Waals surface area (Å²) in [5, 5.41) is 12.2. The maximum atomic E-state index is 6.02. The van der Waals surface area contributed by atoms with Crippen molar-refractivity contribution in [1.29, 1.82) is 0 Å². The first kappa shape index (κ1) is 14.1. The Labute approximate surface area is 124 Å². The molecule has 0 spiro atoms. The van der Waals surface area contributed by atoms with Crippen molar-refractivity contribution in [2.24, 2.45) is 0 Å². The first-order chi connectivity index (χ1) is 8.72. The summed E-state index contributed by atoms with van der Waals surface area (Å²) >= 11 is 10.9. The predicted molar refractivity (Wildman–Crippen MR) is 80.0 cm³/mol. The van der Waals surface area contributed by atoms with Gasteiger partial charge in [0, 0.05) is 16.5 Å². The molecule has 3 nitrogen and oxygen atoms in total. The van der Waals surface area contributed by atoms with Crippen molar-refractivity contribution < 1.29 is 0 Å². The fourth-order valence-corrected chi connectivity index (χ4v) is 4.09. The molecule has 2 aromatic rings. The van der Waals surface area contributed by atoms with Crippen LogP contribution in [-0.2, 0) is 6.54 Å². The molecule has 0 aliphatic heterocycles. The summed E-state index contributed by atoms with van der Waals surface area (Å²) in [6, 6.07) is 5.91. The molecule has 0 saturated heterocycles. The van der Waals surface area contributed by atoms with Crippen molar-refractivity contribution in [3.8, 4) is 0 Å². The number of halogens is 1. The van der Waals surface area contributed by atoms with E-state index in [1.807, 2.05) is 31.5 Å². The van der Waals surface area contributed by atoms with E-state index >= 15 is 0 Å². The number of hydrogen-bond donors (Lipinski definition) is 1. The molecule has 0 fully saturated rings. The molecule has 0 radical (unpaired) electrons. The van der Waals surface area contributed by atoms with E-state index in [0.717, 1.165) is 25.1 Å². The van der Waals surface area contributed by atoms with Crippen LogP contribution in [0, 0.1) is 0 Å². The first-order valence-corrected chi connectivity index (χ1v) is 8.45. The molecule has 7 heteroatoms. The van der Waals surface area contributed by atoms with Gasteiger partial charge in [-0.15, -0.1) is 10.2 Å². The molecule has 1 N–H and O–H groups in total. The van der Waals surface area contributed by atoms with E-state index in [-0.39, 0.29) is 0 Å². The van der Waals surface area contributed by atoms with Gasteiger partial charge in [-0.3, -0.25) is 0 Å². The molecule has 96 valence electrons. The van der Waals surface area contributed by atoms with E-state index in [1.165, 1.54) is 5.56 Å². The van der Waals surface area contributed by atoms with Gasteiger partial charge in [-0.1, -0.05) is 46.5 Å². The van der Waals surface area contributed by atoms with Crippen molar-refractivity contribution in [2.75, 3.05) is 13.3 Å². The van der Waals surface area contributed by atoms with Crippen LogP contribution in [0.5, 0.6) is 0 Å². The fraction of sp³-hybridized carbons (Fsp3) is 0.273. The van der Waals surface area contributed by atoms with E-state index in [9.17, 15) is 0 Å². The highest BCUT2D eigenvalue weighted by atomic mass is 35.5. The summed E-state index contributed by atoms with van der Waals surface area (Å²) in [5.41, 5.74) is 1.18. The lowest BCUT2D eigenvalue weighted by atomic mass is 10.2. The highest BCUT2D eigenvalue weighted by Crippen LogP contribution is 2.35. The third kappa shape index (κ3) is 3.61. The summed E-state index contributed by atoms with van der Waals surface area (Å²) in [7, 11) is 1.92. The standard InChI is InChI=1S/C11H12ClN3S3/c1-13-6-7-5-8(12)3-4-9(7)17-11-15-14-10(16-2)18-11/h3-5,13H,6H2,1-2H3. The molecular weight excluding hydrogens is 306 g/mol. The number of benzene rings is 1. The Bertz CT molecular complexity index is 530. The Kier molecular flexibility index (Phi) is 5.32. The number of thioether (sulfide) groups is 1. The van der Waals surface area contributed by atoms with Gasteiger partial charge in [-0.05, 0) is 37.1 Å². The summed E-state index contributed by atoms with van der Waals surface area (Å²) in [5.74, 6) is 0. The van der Waals surface area contributed by atoms with Gasteiger partial charge >= 0.3 is 0 Å². The Balaban J connectivity index is 2.22. The largest absolute Gasteiger partial charge is 0.316 e. The fourth-order valence-electron chi connectivity index (χ4n) is 1.39. The second-order valence-electron chi connectivity index (χ2n) is 3.42. The topological polar surface area (TPSA) is 37.8 Å². The van der Waals surface area contributed by atoms with E-state index in [1.54, 1.807) is 34.9 Å². The van der Waals surface area contributed by atoms with E-state index in [0.29, 0.717) is 0 Å². The van der Waals surface area contributed by atoms with Crippen LogP contribution in [0.15, 0.2) is 31.8 Å². The minimum atomic E-state index is 0.756. The number of rotatable bonds is 5. The maximum absolute atomic E-state index is 6.02. The molecular formula is C11H12ClN3S3. The molecule has 1 heterocycles. The second kappa shape index (κ2) is 6.77. The molecule has 1 aromatic carbocycles. The van der Waals surface area contributed by atoms with Crippen LogP contribution in [0.3, 0.4) is 0 Å². The number of nitrogens with zero attached hydrogens (tertiary/aromatic N) is 2. The molecule has 0 bridgehead atoms. The molecule has 0 aliphatic rings. The normalized spacial score (nSPS) is 10.8. The summed E-state index contributed by atoms with van der Waals surface area (Å²) < 4.78 is 1.95. The lowest BCUT2D eigenvalue weighted by molar-refractivity contribution is 0.803. The lowest BCUT2D eigenvalue weighted by Gasteiger charge is -2.07. The van der Waals surface area contributed by atoms with E-state index in [4.69, 9.17) is 11.6 Å². The van der Waals surface area contributed by atoms with Gasteiger partial charge in [0.1, 0.15) is 0 Å². The molecule has 0 unspecified atom stereocenters. The van der Waals surface area contributed by atoms with Crippen LogP contribution in [0.25, 0.3) is 0 Å². The average Bonchev–Trinajstić information content (AvgIpc) is 2.81. The van der Waals surface area contributed by atoms with Crippen molar-refractivity contribution >= 4 is 46.5 Å². The highest BCUT2D eigenvalue weighted by Gasteiger charge is 2.09. The summed E-state index contributed by atoms with van der Waals surface area (Å²) in [6.07, 6.45) is 2.00. The smallest absolute Gasteiger partial charge is 0.179 e. The van der Waals surface area contributed by atoms with Gasteiger partial charge in [0.25, 0.3) is 0 Å². The average molecular weight is 318 g/mol. The van der Waals surface area contributed by atoms with Gasteiger partial charge in [-0.25, -0.2) is 0 Å². The van der Waals surface area contributed by atoms with E-state index in [2.05, 4.69) is 15.5 Å². The van der Waals surface area contributed by atoms with Crippen molar-refractivity contribution in [3.63, 3.8) is 0 Å². The predicted octanol–water partition coefficient (Wildman–Crippen LogP) is 3.78. The number of aromatic nitrogens is 2. The Morgan fingerprint density at radius 3 is 2.78 bits per heavy atom. The van der Waals surface area contributed by atoms with Gasteiger partial charge in [-0.2, -0.15) is 0 Å². The number of hydrogen-bond acceptors (Lipinski definition) is 6. The van der Waals surface area contributed by atoms with Crippen molar-refractivity contribution in [3.05, 3.63) is 28.8 Å². The third-order valence-electron chi connectivity index (χ3n) is 2.15. The lowest BCUT2D eigenvalue weighted by Crippen LogP contribution is -2.06. The maximum Gasteiger partial charge on any atom is 0.179 e. The third-order valence-corrected chi connectivity index (χ3v) is 5.45. The van der Waals surface area contributed by atoms with Gasteiger partial charge < -0.3 is 5.32 Å². The van der Waals surface area contributed by atoms with E-state index < -0.39 is 0 Å². The molecule has 0 amide bonds. The highest BCUT2D eigenvalue weighted by molar-refractivity contribution is 8.03. The van der Waals surface area contributed by atoms with Gasteiger partial charge in [0.2, 0.25) is 0 Å². The minimum absolute atomic E-state index is 0.756. The molecule has 2 rings (SSSR count). The quantitative estimate of drug-likeness (QED) is 0.849. The molecule has 0 atom stereocenters. The van der Waals surface area contributed by atoms with Crippen LogP contribution in [0.2, 0.25) is 5.02 Å². The second-order valence-corrected chi connectivity index (χ2v) is 7.18. The summed E-state index contributed by atoms with van der Waals surface area (Å²) in [4.78, 5) is 1.16. The first-order valence-electron chi connectivity index (χ1n) is 5.21. The number of nitrogens with one attached hydrogen (secondary N) is 1. The monoisotopic (exact) mass is 317 g/mol. The Morgan fingerprint density at radius 2 is 2.11 bits per heavy atom. The van der Waals surface area contributed by atoms with Crippen LogP contribution in [0.1, 0.15) is 5.56 Å². The van der Waals surface area contributed by atoms with Crippen LogP contribution < -0.4 is 5.32 Å². The zero-order valence-electron chi connectivity index (χ0n) is 9.94. The zero-order valence-corrected chi connectivity index (χ0v) is 13.1. The Morgan fingerprint density at radius 1 is 1.33 bits per heavy atom. The van der Waals surface area contributed by atoms with Crippen LogP contribution >= 0.6 is 46.5 Å². The molecule has 0 aliphatic carbocycles. The Hall–Kier alpha value is -0.270. The molecule has 1 aromatic heterocycles.